The average Bonchev–Trinajstić information content (AvgIpc) is 2.41. The molecule has 20 heavy (non-hydrogen) atoms. The molecular weight excluding hydrogens is 369 g/mol. The third-order valence-electron chi connectivity index (χ3n) is 2.52. The molecule has 0 saturated heterocycles. The molecule has 104 valence electrons. The Kier molecular flexibility index (Phi) is 4.86. The Bertz CT molecular complexity index is 664. The molecule has 2 aromatic carbocycles. The molecule has 0 N–H and O–H groups in total. The predicted molar refractivity (Wildman–Crippen MR) is 81.9 cm³/mol. The van der Waals surface area contributed by atoms with Crippen LogP contribution in [0.3, 0.4) is 0 Å². The minimum Gasteiger partial charge on any atom is -0.456 e. The fourth-order valence-corrected chi connectivity index (χ4v) is 2.62. The van der Waals surface area contributed by atoms with Crippen molar-refractivity contribution in [2.45, 2.75) is 5.88 Å². The lowest BCUT2D eigenvalue weighted by atomic mass is 10.2. The highest BCUT2D eigenvalue weighted by Crippen LogP contribution is 2.34. The van der Waals surface area contributed by atoms with E-state index in [-0.39, 0.29) is 10.7 Å². The number of rotatable bonds is 4. The summed E-state index contributed by atoms with van der Waals surface area (Å²) in [7, 11) is 0. The van der Waals surface area contributed by atoms with Crippen molar-refractivity contribution in [3.05, 3.63) is 61.6 Å². The van der Waals surface area contributed by atoms with Gasteiger partial charge in [0.15, 0.2) is 0 Å². The zero-order valence-corrected chi connectivity index (χ0v) is 13.1. The van der Waals surface area contributed by atoms with E-state index in [1.807, 2.05) is 6.07 Å². The minimum atomic E-state index is -0.512. The van der Waals surface area contributed by atoms with Crippen LogP contribution >= 0.6 is 39.1 Å². The standard InChI is InChI=1S/C13H8BrCl2NO3/c14-11-6-10(3-1-8(11)7-15)20-13-4-2-9(17(18)19)5-12(13)16/h1-6H,7H2. The molecule has 2 aromatic rings. The fraction of sp³-hybridized carbons (Fsp3) is 0.0769. The third-order valence-corrected chi connectivity index (χ3v) is 3.84. The van der Waals surface area contributed by atoms with Gasteiger partial charge in [0, 0.05) is 22.5 Å². The molecule has 0 aromatic heterocycles. The normalized spacial score (nSPS) is 10.3. The number of hydrogen-bond acceptors (Lipinski definition) is 3. The summed E-state index contributed by atoms with van der Waals surface area (Å²) in [5, 5.41) is 10.8. The Balaban J connectivity index is 2.26. The summed E-state index contributed by atoms with van der Waals surface area (Å²) in [6.45, 7) is 0. The molecule has 0 atom stereocenters. The quantitative estimate of drug-likeness (QED) is 0.399. The molecule has 0 heterocycles. The van der Waals surface area contributed by atoms with E-state index in [0.717, 1.165) is 10.0 Å². The zero-order valence-electron chi connectivity index (χ0n) is 9.98. The van der Waals surface area contributed by atoms with Gasteiger partial charge in [0.05, 0.1) is 9.95 Å². The number of nitrogens with zero attached hydrogens (tertiary/aromatic N) is 1. The van der Waals surface area contributed by atoms with Gasteiger partial charge < -0.3 is 4.74 Å². The molecule has 0 amide bonds. The molecule has 0 bridgehead atoms. The van der Waals surface area contributed by atoms with Crippen molar-refractivity contribution in [1.29, 1.82) is 0 Å². The lowest BCUT2D eigenvalue weighted by Crippen LogP contribution is -1.90. The Morgan fingerprint density at radius 1 is 1.25 bits per heavy atom. The molecular formula is C13H8BrCl2NO3. The van der Waals surface area contributed by atoms with Crippen molar-refractivity contribution in [2.75, 3.05) is 0 Å². The maximum atomic E-state index is 10.6. The Morgan fingerprint density at radius 3 is 2.55 bits per heavy atom. The number of alkyl halides is 1. The van der Waals surface area contributed by atoms with Crippen molar-refractivity contribution in [2.24, 2.45) is 0 Å². The largest absolute Gasteiger partial charge is 0.456 e. The molecule has 7 heteroatoms. The number of nitro benzene ring substituents is 1. The van der Waals surface area contributed by atoms with Crippen LogP contribution in [0.4, 0.5) is 5.69 Å². The molecule has 0 radical (unpaired) electrons. The van der Waals surface area contributed by atoms with Gasteiger partial charge in [-0.25, -0.2) is 0 Å². The van der Waals surface area contributed by atoms with Crippen LogP contribution in [-0.4, -0.2) is 4.92 Å². The third kappa shape index (κ3) is 3.42. The van der Waals surface area contributed by atoms with Crippen LogP contribution in [0.15, 0.2) is 40.9 Å². The van der Waals surface area contributed by atoms with Crippen molar-refractivity contribution in [3.63, 3.8) is 0 Å². The van der Waals surface area contributed by atoms with Gasteiger partial charge >= 0.3 is 0 Å². The first-order chi connectivity index (χ1) is 9.51. The predicted octanol–water partition coefficient (Wildman–Crippen LogP) is 5.54. The van der Waals surface area contributed by atoms with Crippen molar-refractivity contribution in [3.8, 4) is 11.5 Å². The second-order valence-electron chi connectivity index (χ2n) is 3.86. The molecule has 0 unspecified atom stereocenters. The van der Waals surface area contributed by atoms with Crippen LogP contribution in [0, 0.1) is 10.1 Å². The second kappa shape index (κ2) is 6.43. The van der Waals surface area contributed by atoms with Gasteiger partial charge in [-0.05, 0) is 23.8 Å². The highest BCUT2D eigenvalue weighted by molar-refractivity contribution is 9.10. The lowest BCUT2D eigenvalue weighted by molar-refractivity contribution is -0.384. The SMILES string of the molecule is O=[N+]([O-])c1ccc(Oc2ccc(CCl)c(Br)c2)c(Cl)c1. The van der Waals surface area contributed by atoms with Gasteiger partial charge in [-0.3, -0.25) is 10.1 Å². The van der Waals surface area contributed by atoms with E-state index in [9.17, 15) is 10.1 Å². The molecule has 0 aliphatic heterocycles. The van der Waals surface area contributed by atoms with Crippen LogP contribution in [0.1, 0.15) is 5.56 Å². The summed E-state index contributed by atoms with van der Waals surface area (Å²) in [5.74, 6) is 1.29. The van der Waals surface area contributed by atoms with Crippen LogP contribution in [0.5, 0.6) is 11.5 Å². The first kappa shape index (κ1) is 15.1. The molecule has 0 fully saturated rings. The Morgan fingerprint density at radius 2 is 2.00 bits per heavy atom. The molecule has 0 aliphatic carbocycles. The first-order valence-electron chi connectivity index (χ1n) is 5.47. The van der Waals surface area contributed by atoms with Gasteiger partial charge in [0.25, 0.3) is 5.69 Å². The van der Waals surface area contributed by atoms with Crippen molar-refractivity contribution < 1.29 is 9.66 Å². The summed E-state index contributed by atoms with van der Waals surface area (Å²) in [6.07, 6.45) is 0. The summed E-state index contributed by atoms with van der Waals surface area (Å²) in [4.78, 5) is 10.1. The molecule has 0 spiro atoms. The van der Waals surface area contributed by atoms with Gasteiger partial charge in [-0.1, -0.05) is 33.6 Å². The number of ether oxygens (including phenoxy) is 1. The number of non-ortho nitro benzene ring substituents is 1. The van der Waals surface area contributed by atoms with Crippen LogP contribution in [0.2, 0.25) is 5.02 Å². The molecule has 0 aliphatic rings. The summed E-state index contributed by atoms with van der Waals surface area (Å²) >= 11 is 15.1. The highest BCUT2D eigenvalue weighted by Gasteiger charge is 2.11. The molecule has 4 nitrogen and oxygen atoms in total. The lowest BCUT2D eigenvalue weighted by Gasteiger charge is -2.09. The van der Waals surface area contributed by atoms with Crippen molar-refractivity contribution >= 4 is 44.8 Å². The zero-order chi connectivity index (χ0) is 14.7. The first-order valence-corrected chi connectivity index (χ1v) is 7.18. The van der Waals surface area contributed by atoms with E-state index in [0.29, 0.717) is 17.4 Å². The van der Waals surface area contributed by atoms with E-state index >= 15 is 0 Å². The maximum absolute atomic E-state index is 10.6. The average molecular weight is 377 g/mol. The fourth-order valence-electron chi connectivity index (χ4n) is 1.51. The van der Waals surface area contributed by atoms with E-state index in [1.54, 1.807) is 12.1 Å². The monoisotopic (exact) mass is 375 g/mol. The Hall–Kier alpha value is -1.30. The molecule has 2 rings (SSSR count). The van der Waals surface area contributed by atoms with Crippen molar-refractivity contribution in [1.82, 2.24) is 0 Å². The smallest absolute Gasteiger partial charge is 0.271 e. The Labute approximate surface area is 133 Å². The summed E-state index contributed by atoms with van der Waals surface area (Å²) in [6, 6.07) is 9.38. The van der Waals surface area contributed by atoms with Crippen LogP contribution < -0.4 is 4.74 Å². The van der Waals surface area contributed by atoms with Gasteiger partial charge in [0.2, 0.25) is 0 Å². The van der Waals surface area contributed by atoms with Gasteiger partial charge in [0.1, 0.15) is 11.5 Å². The molecule has 0 saturated carbocycles. The van der Waals surface area contributed by atoms with Crippen LogP contribution in [-0.2, 0) is 5.88 Å². The number of nitro groups is 1. The maximum Gasteiger partial charge on any atom is 0.271 e. The van der Waals surface area contributed by atoms with E-state index in [2.05, 4.69) is 15.9 Å². The number of hydrogen-bond donors (Lipinski definition) is 0. The minimum absolute atomic E-state index is 0.0824. The summed E-state index contributed by atoms with van der Waals surface area (Å²) in [5.41, 5.74) is 0.856. The number of halogens is 3. The second-order valence-corrected chi connectivity index (χ2v) is 5.39. The van der Waals surface area contributed by atoms with E-state index in [1.165, 1.54) is 18.2 Å². The van der Waals surface area contributed by atoms with E-state index < -0.39 is 4.92 Å². The highest BCUT2D eigenvalue weighted by atomic mass is 79.9. The van der Waals surface area contributed by atoms with Crippen LogP contribution in [0.25, 0.3) is 0 Å². The topological polar surface area (TPSA) is 52.4 Å². The van der Waals surface area contributed by atoms with E-state index in [4.69, 9.17) is 27.9 Å². The number of benzene rings is 2. The summed E-state index contributed by atoms with van der Waals surface area (Å²) < 4.78 is 6.42. The van der Waals surface area contributed by atoms with Gasteiger partial charge in [-0.15, -0.1) is 11.6 Å². The van der Waals surface area contributed by atoms with Gasteiger partial charge in [-0.2, -0.15) is 0 Å².